The monoisotopic (exact) mass is 392 g/mol. The molecule has 1 aliphatic heterocycles. The van der Waals surface area contributed by atoms with Crippen LogP contribution in [0.4, 0.5) is 4.79 Å². The molecule has 0 aliphatic carbocycles. The van der Waals surface area contributed by atoms with E-state index in [0.717, 1.165) is 11.8 Å². The summed E-state index contributed by atoms with van der Waals surface area (Å²) in [6.45, 7) is 3.71. The molecular formula is C12H13BrN2O4S2. The predicted octanol–water partition coefficient (Wildman–Crippen LogP) is 1.60. The topological polar surface area (TPSA) is 101 Å². The summed E-state index contributed by atoms with van der Waals surface area (Å²) >= 11 is 4.07. The van der Waals surface area contributed by atoms with E-state index >= 15 is 0 Å². The smallest absolute Gasteiger partial charge is 0.284 e. The van der Waals surface area contributed by atoms with Gasteiger partial charge in [0.05, 0.1) is 10.6 Å². The molecule has 6 nitrogen and oxygen atoms in total. The van der Waals surface area contributed by atoms with Gasteiger partial charge in [-0.2, -0.15) is 0 Å². The van der Waals surface area contributed by atoms with Crippen molar-refractivity contribution in [3.8, 4) is 0 Å². The number of sulfonamides is 1. The summed E-state index contributed by atoms with van der Waals surface area (Å²) in [6.07, 6.45) is 1.49. The van der Waals surface area contributed by atoms with Gasteiger partial charge in [-0.15, -0.1) is 6.58 Å². The van der Waals surface area contributed by atoms with E-state index in [-0.39, 0.29) is 28.0 Å². The minimum Gasteiger partial charge on any atom is -0.366 e. The van der Waals surface area contributed by atoms with E-state index in [1.54, 1.807) is 6.07 Å². The van der Waals surface area contributed by atoms with Gasteiger partial charge >= 0.3 is 0 Å². The number of carbonyl (C=O) groups is 1. The Morgan fingerprint density at radius 1 is 1.57 bits per heavy atom. The van der Waals surface area contributed by atoms with Crippen LogP contribution in [0, 0.1) is 0 Å². The fourth-order valence-corrected chi connectivity index (χ4v) is 4.62. The fraction of sp³-hybridized carbons (Fsp3) is 0.250. The van der Waals surface area contributed by atoms with Crippen molar-refractivity contribution in [3.05, 3.63) is 40.9 Å². The van der Waals surface area contributed by atoms with E-state index < -0.39 is 15.7 Å². The van der Waals surface area contributed by atoms with Crippen LogP contribution in [0.3, 0.4) is 0 Å². The number of nitrogens with two attached hydrogens (primary N) is 1. The molecule has 1 heterocycles. The van der Waals surface area contributed by atoms with Crippen LogP contribution in [0.25, 0.3) is 0 Å². The highest BCUT2D eigenvalue weighted by Gasteiger charge is 2.45. The van der Waals surface area contributed by atoms with Gasteiger partial charge in [-0.1, -0.05) is 23.9 Å². The first-order chi connectivity index (χ1) is 9.70. The molecule has 0 aromatic heterocycles. The van der Waals surface area contributed by atoms with Gasteiger partial charge in [0.15, 0.2) is 5.72 Å². The van der Waals surface area contributed by atoms with E-state index in [2.05, 4.69) is 22.5 Å². The highest BCUT2D eigenvalue weighted by atomic mass is 79.9. The quantitative estimate of drug-likeness (QED) is 0.757. The maximum Gasteiger partial charge on any atom is 0.284 e. The second-order valence-electron chi connectivity index (χ2n) is 4.46. The minimum absolute atomic E-state index is 0.103. The highest BCUT2D eigenvalue weighted by Crippen LogP contribution is 2.40. The van der Waals surface area contributed by atoms with E-state index in [1.165, 1.54) is 23.1 Å². The van der Waals surface area contributed by atoms with Gasteiger partial charge in [-0.3, -0.25) is 9.69 Å². The van der Waals surface area contributed by atoms with Crippen molar-refractivity contribution >= 4 is 43.0 Å². The maximum absolute atomic E-state index is 11.8. The van der Waals surface area contributed by atoms with E-state index in [0.29, 0.717) is 4.47 Å². The van der Waals surface area contributed by atoms with Gasteiger partial charge in [0.2, 0.25) is 10.0 Å². The molecule has 1 saturated heterocycles. The summed E-state index contributed by atoms with van der Waals surface area (Å²) in [7, 11) is -3.94. The van der Waals surface area contributed by atoms with Gasteiger partial charge in [0.25, 0.3) is 5.24 Å². The molecule has 1 aromatic carbocycles. The van der Waals surface area contributed by atoms with Crippen molar-refractivity contribution < 1.29 is 18.3 Å². The Morgan fingerprint density at radius 3 is 2.81 bits per heavy atom. The number of halogens is 1. The Hall–Kier alpha value is -0.870. The molecule has 1 fully saturated rings. The average Bonchev–Trinajstić information content (AvgIpc) is 2.68. The first kappa shape index (κ1) is 16.5. The maximum atomic E-state index is 11.8. The lowest BCUT2D eigenvalue weighted by atomic mass is 10.0. The number of hydrogen-bond acceptors (Lipinski definition) is 5. The van der Waals surface area contributed by atoms with Gasteiger partial charge in [-0.05, 0) is 28.1 Å². The summed E-state index contributed by atoms with van der Waals surface area (Å²) in [5.74, 6) is 0.103. The van der Waals surface area contributed by atoms with Crippen LogP contribution in [-0.4, -0.2) is 36.0 Å². The number of primary sulfonamides is 1. The minimum atomic E-state index is -3.94. The number of aliphatic hydroxyl groups is 1. The second-order valence-corrected chi connectivity index (χ2v) is 7.77. The number of carbonyl (C=O) groups excluding carboxylic acids is 1. The van der Waals surface area contributed by atoms with Crippen LogP contribution in [0.15, 0.2) is 40.2 Å². The lowest BCUT2D eigenvalue weighted by Crippen LogP contribution is -2.44. The molecule has 0 radical (unpaired) electrons. The SMILES string of the molecule is C=CCN1C(=O)SCC1(O)c1ccc(Br)c(S(N)(=O)=O)c1. The summed E-state index contributed by atoms with van der Waals surface area (Å²) in [6, 6.07) is 4.30. The number of hydrogen-bond donors (Lipinski definition) is 2. The molecule has 3 N–H and O–H groups in total. The molecule has 21 heavy (non-hydrogen) atoms. The molecular weight excluding hydrogens is 380 g/mol. The second kappa shape index (κ2) is 5.73. The molecule has 1 amide bonds. The van der Waals surface area contributed by atoms with Crippen LogP contribution in [0.2, 0.25) is 0 Å². The van der Waals surface area contributed by atoms with Crippen molar-refractivity contribution in [3.63, 3.8) is 0 Å². The van der Waals surface area contributed by atoms with Gasteiger partial charge in [0, 0.05) is 16.6 Å². The summed E-state index contributed by atoms with van der Waals surface area (Å²) < 4.78 is 23.4. The largest absolute Gasteiger partial charge is 0.366 e. The Bertz CT molecular complexity index is 707. The van der Waals surface area contributed by atoms with Gasteiger partial charge in [0.1, 0.15) is 0 Å². The predicted molar refractivity (Wildman–Crippen MR) is 84.2 cm³/mol. The Morgan fingerprint density at radius 2 is 2.24 bits per heavy atom. The standard InChI is InChI=1S/C12H13BrN2O4S2/c1-2-5-15-11(16)20-7-12(15,17)8-3-4-9(13)10(6-8)21(14,18)19/h2-4,6,17H,1,5,7H2,(H2,14,18,19). The van der Waals surface area contributed by atoms with Crippen LogP contribution in [-0.2, 0) is 15.7 Å². The molecule has 1 aliphatic rings. The molecule has 0 saturated carbocycles. The number of rotatable bonds is 4. The zero-order valence-corrected chi connectivity index (χ0v) is 14.0. The first-order valence-electron chi connectivity index (χ1n) is 5.80. The lowest BCUT2D eigenvalue weighted by molar-refractivity contribution is -0.0506. The van der Waals surface area contributed by atoms with Crippen LogP contribution in [0.1, 0.15) is 5.56 Å². The highest BCUT2D eigenvalue weighted by molar-refractivity contribution is 9.10. The average molecular weight is 393 g/mol. The summed E-state index contributed by atoms with van der Waals surface area (Å²) in [5, 5.41) is 15.6. The van der Waals surface area contributed by atoms with Crippen LogP contribution in [0.5, 0.6) is 0 Å². The zero-order chi connectivity index (χ0) is 15.8. The molecule has 1 atom stereocenters. The Labute approximate surface area is 135 Å². The summed E-state index contributed by atoms with van der Waals surface area (Å²) in [5.41, 5.74) is -1.30. The van der Waals surface area contributed by atoms with Gasteiger partial charge < -0.3 is 5.11 Å². The van der Waals surface area contributed by atoms with E-state index in [1.807, 2.05) is 0 Å². The Kier molecular flexibility index (Phi) is 4.50. The van der Waals surface area contributed by atoms with Crippen LogP contribution < -0.4 is 5.14 Å². The third-order valence-corrected chi connectivity index (χ3v) is 5.99. The molecule has 1 unspecified atom stereocenters. The fourth-order valence-electron chi connectivity index (χ4n) is 2.03. The lowest BCUT2D eigenvalue weighted by Gasteiger charge is -2.32. The van der Waals surface area contributed by atoms with Crippen molar-refractivity contribution in [2.24, 2.45) is 5.14 Å². The van der Waals surface area contributed by atoms with Crippen molar-refractivity contribution in [2.45, 2.75) is 10.6 Å². The molecule has 0 bridgehead atoms. The molecule has 114 valence electrons. The molecule has 9 heteroatoms. The molecule has 0 spiro atoms. The van der Waals surface area contributed by atoms with Gasteiger partial charge in [-0.25, -0.2) is 13.6 Å². The molecule has 2 rings (SSSR count). The summed E-state index contributed by atoms with van der Waals surface area (Å²) in [4.78, 5) is 12.9. The van der Waals surface area contributed by atoms with Crippen molar-refractivity contribution in [1.82, 2.24) is 4.90 Å². The number of amides is 1. The normalized spacial score (nSPS) is 22.6. The van der Waals surface area contributed by atoms with Crippen molar-refractivity contribution in [1.29, 1.82) is 0 Å². The van der Waals surface area contributed by atoms with E-state index in [4.69, 9.17) is 5.14 Å². The third kappa shape index (κ3) is 3.02. The zero-order valence-electron chi connectivity index (χ0n) is 10.8. The first-order valence-corrected chi connectivity index (χ1v) is 9.13. The number of thioether (sulfide) groups is 1. The number of nitrogens with zero attached hydrogens (tertiary/aromatic N) is 1. The molecule has 1 aromatic rings. The third-order valence-electron chi connectivity index (χ3n) is 3.08. The number of benzene rings is 1. The van der Waals surface area contributed by atoms with Crippen molar-refractivity contribution in [2.75, 3.05) is 12.3 Å². The van der Waals surface area contributed by atoms with E-state index in [9.17, 15) is 18.3 Å². The Balaban J connectivity index is 2.55. The van der Waals surface area contributed by atoms with Crippen LogP contribution >= 0.6 is 27.7 Å².